The number of hydrogen-bond acceptors (Lipinski definition) is 0. The Morgan fingerprint density at radius 2 is 1.29 bits per heavy atom. The van der Waals surface area contributed by atoms with E-state index in [1.807, 2.05) is 0 Å². The number of benzene rings is 2. The summed E-state index contributed by atoms with van der Waals surface area (Å²) in [5.74, 6) is 0. The van der Waals surface area contributed by atoms with Crippen LogP contribution in [0.2, 0.25) is 26.2 Å². The van der Waals surface area contributed by atoms with Crippen molar-refractivity contribution in [1.29, 1.82) is 0 Å². The zero-order chi connectivity index (χ0) is 20.4. The van der Waals surface area contributed by atoms with Crippen LogP contribution in [-0.4, -0.2) is 16.1 Å². The predicted octanol–water partition coefficient (Wildman–Crippen LogP) is 3.06. The Hall–Kier alpha value is -1.98. The highest BCUT2D eigenvalue weighted by Gasteiger charge is 2.46. The number of pyridine rings is 1. The topological polar surface area (TPSA) is 3.88 Å². The van der Waals surface area contributed by atoms with E-state index in [2.05, 4.69) is 107 Å². The van der Waals surface area contributed by atoms with Crippen LogP contribution >= 0.6 is 0 Å². The average molecular weight is 403 g/mol. The first-order valence-corrected chi connectivity index (χ1v) is 16.3. The smallest absolute Gasteiger partial charge is 0.201 e. The molecule has 0 fully saturated rings. The third-order valence-electron chi connectivity index (χ3n) is 6.98. The van der Waals surface area contributed by atoms with Crippen molar-refractivity contribution in [2.75, 3.05) is 0 Å². The van der Waals surface area contributed by atoms with Gasteiger partial charge in [-0.15, -0.1) is 0 Å². The third-order valence-corrected chi connectivity index (χ3v) is 14.6. The largest absolute Gasteiger partial charge is 0.212 e. The van der Waals surface area contributed by atoms with E-state index in [9.17, 15) is 0 Å². The molecule has 0 atom stereocenters. The number of aromatic nitrogens is 1. The van der Waals surface area contributed by atoms with Crippen LogP contribution in [0.15, 0.2) is 48.7 Å². The fraction of sp³-hybridized carbons (Fsp3) is 0.320. The second-order valence-corrected chi connectivity index (χ2v) is 18.2. The molecule has 0 radical (unpaired) electrons. The fourth-order valence-corrected chi connectivity index (χ4v) is 15.0. The Morgan fingerprint density at radius 1 is 0.679 bits per heavy atom. The first-order chi connectivity index (χ1) is 13.1. The lowest BCUT2D eigenvalue weighted by Gasteiger charge is -2.43. The van der Waals surface area contributed by atoms with Crippen molar-refractivity contribution in [1.82, 2.24) is 0 Å². The normalized spacial score (nSPS) is 16.4. The van der Waals surface area contributed by atoms with Crippen LogP contribution in [0.1, 0.15) is 16.7 Å². The highest BCUT2D eigenvalue weighted by molar-refractivity contribution is 7.16. The van der Waals surface area contributed by atoms with E-state index in [-0.39, 0.29) is 0 Å². The summed E-state index contributed by atoms with van der Waals surface area (Å²) in [5.41, 5.74) is 6.99. The number of nitrogens with zero attached hydrogens (tertiary/aromatic N) is 1. The first-order valence-electron chi connectivity index (χ1n) is 10.3. The molecule has 2 aromatic carbocycles. The van der Waals surface area contributed by atoms with Gasteiger partial charge in [-0.3, -0.25) is 0 Å². The van der Waals surface area contributed by atoms with Gasteiger partial charge in [0.25, 0.3) is 0 Å². The molecule has 1 aliphatic heterocycles. The van der Waals surface area contributed by atoms with Crippen molar-refractivity contribution < 1.29 is 4.57 Å². The van der Waals surface area contributed by atoms with Crippen LogP contribution in [0.3, 0.4) is 0 Å². The van der Waals surface area contributed by atoms with E-state index >= 15 is 0 Å². The third kappa shape index (κ3) is 2.60. The zero-order valence-electron chi connectivity index (χ0n) is 18.6. The van der Waals surface area contributed by atoms with Gasteiger partial charge in [0.05, 0.1) is 0 Å². The van der Waals surface area contributed by atoms with Gasteiger partial charge in [-0.2, -0.15) is 0 Å². The van der Waals surface area contributed by atoms with Gasteiger partial charge in [0.1, 0.15) is 23.2 Å². The van der Waals surface area contributed by atoms with Gasteiger partial charge < -0.3 is 0 Å². The maximum Gasteiger partial charge on any atom is 0.212 e. The second kappa shape index (κ2) is 6.26. The van der Waals surface area contributed by atoms with Crippen LogP contribution < -0.4 is 25.3 Å². The number of hydrogen-bond donors (Lipinski definition) is 0. The number of aryl methyl sites for hydroxylation is 4. The molecule has 0 aliphatic carbocycles. The molecule has 1 aromatic heterocycles. The molecule has 0 saturated carbocycles. The highest BCUT2D eigenvalue weighted by Crippen LogP contribution is 2.26. The Morgan fingerprint density at radius 3 is 1.93 bits per heavy atom. The number of rotatable bonds is 1. The lowest BCUT2D eigenvalue weighted by atomic mass is 10.0. The average Bonchev–Trinajstić information content (AvgIpc) is 2.63. The number of fused-ring (bicyclic) bond motifs is 2. The van der Waals surface area contributed by atoms with Gasteiger partial charge in [-0.1, -0.05) is 78.1 Å². The van der Waals surface area contributed by atoms with Gasteiger partial charge in [-0.25, -0.2) is 4.57 Å². The quantitative estimate of drug-likeness (QED) is 0.435. The van der Waals surface area contributed by atoms with Crippen LogP contribution in [0.5, 0.6) is 0 Å². The summed E-state index contributed by atoms with van der Waals surface area (Å²) < 4.78 is 2.34. The molecule has 0 saturated heterocycles. The van der Waals surface area contributed by atoms with Gasteiger partial charge >= 0.3 is 0 Å². The standard InChI is InChI=1S/C25H32NSi2/c1-17-13-14-23-25(24(17)20-15-18(2)19(3)16-26(20)4)28(7,8)22-12-10-9-11-21(22)27(23,5)6/h9-16H,1-8H3/q+1. The molecular formula is C25H32NSi2+. The second-order valence-electron chi connectivity index (χ2n) is 9.61. The summed E-state index contributed by atoms with van der Waals surface area (Å²) in [6, 6.07) is 16.6. The lowest BCUT2D eigenvalue weighted by molar-refractivity contribution is -0.660. The Balaban J connectivity index is 2.14. The molecule has 1 nitrogen and oxygen atoms in total. The van der Waals surface area contributed by atoms with Gasteiger partial charge in [0, 0.05) is 17.2 Å². The molecule has 0 unspecified atom stereocenters. The zero-order valence-corrected chi connectivity index (χ0v) is 20.6. The van der Waals surface area contributed by atoms with Crippen molar-refractivity contribution in [3.05, 3.63) is 65.4 Å². The molecule has 3 aromatic rings. The molecule has 0 N–H and O–H groups in total. The molecule has 144 valence electrons. The van der Waals surface area contributed by atoms with Crippen molar-refractivity contribution in [2.45, 2.75) is 47.0 Å². The molecule has 1 aliphatic rings. The molecule has 0 spiro atoms. The summed E-state index contributed by atoms with van der Waals surface area (Å²) in [6.45, 7) is 16.9. The van der Waals surface area contributed by atoms with E-state index in [0.29, 0.717) is 0 Å². The molecule has 2 heterocycles. The molecule has 0 amide bonds. The Bertz CT molecular complexity index is 1110. The minimum Gasteiger partial charge on any atom is -0.201 e. The summed E-state index contributed by atoms with van der Waals surface area (Å²) in [4.78, 5) is 0. The van der Waals surface area contributed by atoms with E-state index in [1.54, 1.807) is 20.7 Å². The molecule has 4 rings (SSSR count). The van der Waals surface area contributed by atoms with Crippen LogP contribution in [0, 0.1) is 20.8 Å². The van der Waals surface area contributed by atoms with E-state index < -0.39 is 16.1 Å². The lowest BCUT2D eigenvalue weighted by Crippen LogP contribution is -2.78. The monoisotopic (exact) mass is 402 g/mol. The van der Waals surface area contributed by atoms with Gasteiger partial charge in [-0.05, 0) is 37.1 Å². The molecule has 3 heteroatoms. The van der Waals surface area contributed by atoms with Crippen molar-refractivity contribution in [3.63, 3.8) is 0 Å². The molecular weight excluding hydrogens is 370 g/mol. The van der Waals surface area contributed by atoms with Crippen molar-refractivity contribution in [2.24, 2.45) is 7.05 Å². The highest BCUT2D eigenvalue weighted by atomic mass is 28.3. The first kappa shape index (κ1) is 19.3. The van der Waals surface area contributed by atoms with Gasteiger partial charge in [0.2, 0.25) is 5.69 Å². The van der Waals surface area contributed by atoms with E-state index in [1.165, 1.54) is 27.9 Å². The minimum atomic E-state index is -1.81. The predicted molar refractivity (Wildman–Crippen MR) is 127 cm³/mol. The van der Waals surface area contributed by atoms with Crippen LogP contribution in [0.25, 0.3) is 11.3 Å². The Labute approximate surface area is 172 Å². The van der Waals surface area contributed by atoms with Crippen molar-refractivity contribution >= 4 is 36.9 Å². The SMILES string of the molecule is Cc1cc(-c2c(C)ccc3c2[Si](C)(C)c2ccccc2[Si]3(C)C)[n+](C)cc1C. The Kier molecular flexibility index (Phi) is 4.33. The van der Waals surface area contributed by atoms with E-state index in [0.717, 1.165) is 0 Å². The van der Waals surface area contributed by atoms with Crippen molar-refractivity contribution in [3.8, 4) is 11.3 Å². The molecule has 0 bridgehead atoms. The summed E-state index contributed by atoms with van der Waals surface area (Å²) >= 11 is 0. The van der Waals surface area contributed by atoms with Gasteiger partial charge in [0.15, 0.2) is 6.20 Å². The summed E-state index contributed by atoms with van der Waals surface area (Å²) in [5, 5.41) is 6.64. The molecule has 28 heavy (non-hydrogen) atoms. The maximum atomic E-state index is 2.55. The fourth-order valence-electron chi connectivity index (χ4n) is 5.19. The summed E-state index contributed by atoms with van der Waals surface area (Å²) in [7, 11) is -1.33. The van der Waals surface area contributed by atoms with Crippen LogP contribution in [-0.2, 0) is 7.05 Å². The minimum absolute atomic E-state index is 1.35. The maximum absolute atomic E-state index is 2.55. The van der Waals surface area contributed by atoms with E-state index in [4.69, 9.17) is 0 Å². The van der Waals surface area contributed by atoms with Crippen LogP contribution in [0.4, 0.5) is 0 Å². The summed E-state index contributed by atoms with van der Waals surface area (Å²) in [6.07, 6.45) is 2.29.